The number of aryl methyl sites for hydroxylation is 1. The van der Waals surface area contributed by atoms with E-state index in [9.17, 15) is 22.8 Å². The Bertz CT molecular complexity index is 1050. The third-order valence-corrected chi connectivity index (χ3v) is 6.05. The zero-order chi connectivity index (χ0) is 23.8. The van der Waals surface area contributed by atoms with E-state index in [1.54, 1.807) is 11.0 Å². The average molecular weight is 461 g/mol. The van der Waals surface area contributed by atoms with Crippen molar-refractivity contribution in [2.75, 3.05) is 42.5 Å². The van der Waals surface area contributed by atoms with E-state index in [4.69, 9.17) is 4.74 Å². The van der Waals surface area contributed by atoms with Gasteiger partial charge in [-0.3, -0.25) is 14.5 Å². The molecule has 1 saturated heterocycles. The highest BCUT2D eigenvalue weighted by molar-refractivity contribution is 6.04. The molecule has 2 aromatic rings. The number of hydrogen-bond acceptors (Lipinski definition) is 4. The predicted molar refractivity (Wildman–Crippen MR) is 118 cm³/mol. The lowest BCUT2D eigenvalue weighted by molar-refractivity contribution is -0.137. The topological polar surface area (TPSA) is 53.1 Å². The highest BCUT2D eigenvalue weighted by atomic mass is 19.4. The fourth-order valence-electron chi connectivity index (χ4n) is 4.18. The van der Waals surface area contributed by atoms with Crippen molar-refractivity contribution in [3.05, 3.63) is 53.6 Å². The van der Waals surface area contributed by atoms with Gasteiger partial charge in [0.1, 0.15) is 12.3 Å². The van der Waals surface area contributed by atoms with Crippen molar-refractivity contribution in [3.63, 3.8) is 0 Å². The standard InChI is InChI=1S/C24H26F3N3O3/c1-3-20-23(32)30(19-13-16(2)7-8-21(19)33-20)15-22(31)29-11-9-28(10-12-29)18-6-4-5-17(14-18)24(25,26)27/h4-8,13-14,20H,3,9-12,15H2,1-2H3/t20-/m0/s1. The Balaban J connectivity index is 1.44. The summed E-state index contributed by atoms with van der Waals surface area (Å²) in [6.45, 7) is 5.23. The maximum atomic E-state index is 13.1. The molecule has 0 saturated carbocycles. The van der Waals surface area contributed by atoms with Crippen LogP contribution in [0.25, 0.3) is 0 Å². The fraction of sp³-hybridized carbons (Fsp3) is 0.417. The minimum Gasteiger partial charge on any atom is -0.478 e. The number of alkyl halides is 3. The molecular formula is C24H26F3N3O3. The van der Waals surface area contributed by atoms with E-state index in [1.165, 1.54) is 11.0 Å². The number of carbonyl (C=O) groups excluding carboxylic acids is 2. The van der Waals surface area contributed by atoms with E-state index in [2.05, 4.69) is 0 Å². The predicted octanol–water partition coefficient (Wildman–Crippen LogP) is 3.87. The van der Waals surface area contributed by atoms with Crippen LogP contribution in [0.2, 0.25) is 0 Å². The Hall–Kier alpha value is -3.23. The van der Waals surface area contributed by atoms with Gasteiger partial charge < -0.3 is 14.5 Å². The molecule has 6 nitrogen and oxygen atoms in total. The van der Waals surface area contributed by atoms with Gasteiger partial charge in [0, 0.05) is 31.9 Å². The zero-order valence-electron chi connectivity index (χ0n) is 18.6. The molecule has 0 aromatic heterocycles. The lowest BCUT2D eigenvalue weighted by atomic mass is 10.1. The van der Waals surface area contributed by atoms with E-state index in [1.807, 2.05) is 36.9 Å². The van der Waals surface area contributed by atoms with Gasteiger partial charge in [-0.1, -0.05) is 19.1 Å². The summed E-state index contributed by atoms with van der Waals surface area (Å²) in [6.07, 6.45) is -4.54. The summed E-state index contributed by atoms with van der Waals surface area (Å²) in [5, 5.41) is 0. The summed E-state index contributed by atoms with van der Waals surface area (Å²) in [7, 11) is 0. The quantitative estimate of drug-likeness (QED) is 0.694. The summed E-state index contributed by atoms with van der Waals surface area (Å²) in [5.41, 5.74) is 1.33. The minimum absolute atomic E-state index is 0.0985. The highest BCUT2D eigenvalue weighted by Crippen LogP contribution is 2.36. The largest absolute Gasteiger partial charge is 0.478 e. The van der Waals surface area contributed by atoms with E-state index in [0.29, 0.717) is 49.7 Å². The van der Waals surface area contributed by atoms with Gasteiger partial charge in [0.25, 0.3) is 5.91 Å². The van der Waals surface area contributed by atoms with Crippen LogP contribution >= 0.6 is 0 Å². The van der Waals surface area contributed by atoms with E-state index in [-0.39, 0.29) is 18.4 Å². The number of halogens is 3. The second-order valence-electron chi connectivity index (χ2n) is 8.33. The Labute approximate surface area is 190 Å². The molecule has 4 rings (SSSR count). The zero-order valence-corrected chi connectivity index (χ0v) is 18.6. The number of piperazine rings is 1. The van der Waals surface area contributed by atoms with Crippen molar-refractivity contribution in [2.45, 2.75) is 32.5 Å². The first kappa shape index (κ1) is 22.9. The molecule has 2 aliphatic heterocycles. The van der Waals surface area contributed by atoms with Crippen LogP contribution in [-0.2, 0) is 15.8 Å². The van der Waals surface area contributed by atoms with Crippen molar-refractivity contribution in [3.8, 4) is 5.75 Å². The second kappa shape index (κ2) is 8.96. The minimum atomic E-state index is -4.40. The van der Waals surface area contributed by atoms with Crippen LogP contribution in [0.3, 0.4) is 0 Å². The third kappa shape index (κ3) is 4.77. The molecule has 0 unspecified atom stereocenters. The van der Waals surface area contributed by atoms with Gasteiger partial charge >= 0.3 is 6.18 Å². The number of fused-ring (bicyclic) bond motifs is 1. The first-order valence-corrected chi connectivity index (χ1v) is 11.0. The number of ether oxygens (including phenoxy) is 1. The van der Waals surface area contributed by atoms with Gasteiger partial charge in [-0.2, -0.15) is 13.2 Å². The number of nitrogens with zero attached hydrogens (tertiary/aromatic N) is 3. The first-order chi connectivity index (χ1) is 15.7. The molecule has 33 heavy (non-hydrogen) atoms. The number of carbonyl (C=O) groups is 2. The summed E-state index contributed by atoms with van der Waals surface area (Å²) in [4.78, 5) is 31.0. The molecular weight excluding hydrogens is 435 g/mol. The van der Waals surface area contributed by atoms with Gasteiger partial charge in [-0.15, -0.1) is 0 Å². The van der Waals surface area contributed by atoms with Crippen LogP contribution in [0.15, 0.2) is 42.5 Å². The molecule has 0 aliphatic carbocycles. The van der Waals surface area contributed by atoms with Crippen LogP contribution in [-0.4, -0.2) is 55.5 Å². The smallest absolute Gasteiger partial charge is 0.416 e. The Morgan fingerprint density at radius 3 is 2.48 bits per heavy atom. The summed E-state index contributed by atoms with van der Waals surface area (Å²) in [5.74, 6) is 0.136. The van der Waals surface area contributed by atoms with Crippen molar-refractivity contribution in [1.82, 2.24) is 4.90 Å². The number of benzene rings is 2. The maximum absolute atomic E-state index is 13.1. The second-order valence-corrected chi connectivity index (χ2v) is 8.33. The van der Waals surface area contributed by atoms with Crippen LogP contribution in [0.4, 0.5) is 24.5 Å². The van der Waals surface area contributed by atoms with Crippen molar-refractivity contribution in [1.29, 1.82) is 0 Å². The molecule has 1 fully saturated rings. The van der Waals surface area contributed by atoms with Gasteiger partial charge in [-0.25, -0.2) is 0 Å². The van der Waals surface area contributed by atoms with Crippen LogP contribution in [0.1, 0.15) is 24.5 Å². The molecule has 0 N–H and O–H groups in total. The molecule has 176 valence electrons. The molecule has 2 aliphatic rings. The van der Waals surface area contributed by atoms with E-state index in [0.717, 1.165) is 17.7 Å². The third-order valence-electron chi connectivity index (χ3n) is 6.05. The molecule has 2 aromatic carbocycles. The molecule has 9 heteroatoms. The molecule has 2 amide bonds. The Morgan fingerprint density at radius 2 is 1.82 bits per heavy atom. The average Bonchev–Trinajstić information content (AvgIpc) is 2.80. The van der Waals surface area contributed by atoms with E-state index < -0.39 is 17.8 Å². The number of hydrogen-bond donors (Lipinski definition) is 0. The highest BCUT2D eigenvalue weighted by Gasteiger charge is 2.36. The lowest BCUT2D eigenvalue weighted by Gasteiger charge is -2.38. The van der Waals surface area contributed by atoms with Crippen LogP contribution in [0.5, 0.6) is 5.75 Å². The molecule has 1 atom stereocenters. The fourth-order valence-corrected chi connectivity index (χ4v) is 4.18. The Kier molecular flexibility index (Phi) is 6.23. The van der Waals surface area contributed by atoms with Gasteiger partial charge in [0.15, 0.2) is 6.10 Å². The van der Waals surface area contributed by atoms with Gasteiger partial charge in [-0.05, 0) is 49.2 Å². The lowest BCUT2D eigenvalue weighted by Crippen LogP contribution is -2.54. The SMILES string of the molecule is CC[C@@H]1Oc2ccc(C)cc2N(CC(=O)N2CCN(c3cccc(C(F)(F)F)c3)CC2)C1=O. The summed E-state index contributed by atoms with van der Waals surface area (Å²) >= 11 is 0. The van der Waals surface area contributed by atoms with Crippen molar-refractivity contribution < 1.29 is 27.5 Å². The molecule has 0 radical (unpaired) electrons. The first-order valence-electron chi connectivity index (χ1n) is 11.0. The van der Waals surface area contributed by atoms with E-state index >= 15 is 0 Å². The molecule has 0 bridgehead atoms. The van der Waals surface area contributed by atoms with Gasteiger partial charge in [0.2, 0.25) is 5.91 Å². The van der Waals surface area contributed by atoms with Crippen molar-refractivity contribution >= 4 is 23.2 Å². The van der Waals surface area contributed by atoms with Crippen molar-refractivity contribution in [2.24, 2.45) is 0 Å². The molecule has 2 heterocycles. The summed E-state index contributed by atoms with van der Waals surface area (Å²) < 4.78 is 44.9. The monoisotopic (exact) mass is 461 g/mol. The summed E-state index contributed by atoms with van der Waals surface area (Å²) in [6, 6.07) is 10.8. The number of anilines is 2. The molecule has 0 spiro atoms. The number of amides is 2. The maximum Gasteiger partial charge on any atom is 0.416 e. The number of rotatable bonds is 4. The van der Waals surface area contributed by atoms with Gasteiger partial charge in [0.05, 0.1) is 11.3 Å². The normalized spacial score (nSPS) is 18.8. The Morgan fingerprint density at radius 1 is 1.09 bits per heavy atom. The van der Waals surface area contributed by atoms with Crippen LogP contribution < -0.4 is 14.5 Å². The van der Waals surface area contributed by atoms with Crippen LogP contribution in [0, 0.1) is 6.92 Å².